The molecule has 0 aromatic carbocycles. The van der Waals surface area contributed by atoms with Crippen LogP contribution in [0.4, 0.5) is 4.79 Å². The molecule has 20 heavy (non-hydrogen) atoms. The Morgan fingerprint density at radius 1 is 1.55 bits per heavy atom. The predicted molar refractivity (Wildman–Crippen MR) is 78.3 cm³/mol. The van der Waals surface area contributed by atoms with Crippen LogP contribution < -0.4 is 5.32 Å². The summed E-state index contributed by atoms with van der Waals surface area (Å²) in [6, 6.07) is 3.67. The number of hydrogen-bond acceptors (Lipinski definition) is 3. The number of nitrogens with zero attached hydrogens (tertiary/aromatic N) is 1. The molecule has 0 saturated carbocycles. The molecule has 1 aromatic rings. The minimum absolute atomic E-state index is 0.0642. The Balaban J connectivity index is 1.66. The van der Waals surface area contributed by atoms with Gasteiger partial charge in [0.15, 0.2) is 0 Å². The summed E-state index contributed by atoms with van der Waals surface area (Å²) in [4.78, 5) is 25.4. The topological polar surface area (TPSA) is 69.6 Å². The molecule has 2 N–H and O–H groups in total. The number of nitrogens with one attached hydrogen (secondary N) is 1. The van der Waals surface area contributed by atoms with Gasteiger partial charge in [0.25, 0.3) is 0 Å². The number of hydrogen-bond donors (Lipinski definition) is 2. The van der Waals surface area contributed by atoms with Crippen molar-refractivity contribution >= 4 is 34.9 Å². The molecule has 0 spiro atoms. The fraction of sp³-hybridized carbons (Fsp3) is 0.538. The van der Waals surface area contributed by atoms with Crippen LogP contribution in [-0.2, 0) is 11.2 Å². The molecule has 5 nitrogen and oxygen atoms in total. The molecule has 1 aromatic heterocycles. The van der Waals surface area contributed by atoms with Crippen molar-refractivity contribution in [3.63, 3.8) is 0 Å². The molecule has 1 aliphatic rings. The highest BCUT2D eigenvalue weighted by atomic mass is 35.5. The first-order chi connectivity index (χ1) is 9.47. The lowest BCUT2D eigenvalue weighted by Gasteiger charge is -2.41. The molecule has 0 radical (unpaired) electrons. The van der Waals surface area contributed by atoms with Crippen molar-refractivity contribution < 1.29 is 14.7 Å². The highest BCUT2D eigenvalue weighted by Crippen LogP contribution is 2.24. The number of urea groups is 1. The molecule has 0 bridgehead atoms. The number of halogens is 1. The smallest absolute Gasteiger partial charge is 0.317 e. The van der Waals surface area contributed by atoms with Crippen LogP contribution >= 0.6 is 22.9 Å². The quantitative estimate of drug-likeness (QED) is 0.875. The average Bonchev–Trinajstić information content (AvgIpc) is 2.73. The van der Waals surface area contributed by atoms with Crippen LogP contribution in [-0.4, -0.2) is 41.6 Å². The standard InChI is InChI=1S/C13H17ClN2O3S/c1-8(12(17)18)9-6-16(7-9)13(19)15-5-4-10-2-3-11(14)20-10/h2-3,8-9H,4-7H2,1H3,(H,15,19)(H,17,18). The van der Waals surface area contributed by atoms with E-state index in [1.165, 1.54) is 11.3 Å². The number of likely N-dealkylation sites (tertiary alicyclic amines) is 1. The van der Waals surface area contributed by atoms with Gasteiger partial charge in [0.05, 0.1) is 10.3 Å². The summed E-state index contributed by atoms with van der Waals surface area (Å²) in [5.74, 6) is -1.13. The number of carbonyl (C=O) groups excluding carboxylic acids is 1. The normalized spacial score (nSPS) is 16.6. The number of carboxylic acid groups (broad SMARTS) is 1. The van der Waals surface area contributed by atoms with Crippen molar-refractivity contribution in [3.8, 4) is 0 Å². The van der Waals surface area contributed by atoms with E-state index in [2.05, 4.69) is 5.32 Å². The predicted octanol–water partition coefficient (Wildman–Crippen LogP) is 2.31. The number of carboxylic acids is 1. The van der Waals surface area contributed by atoms with Gasteiger partial charge < -0.3 is 15.3 Å². The zero-order valence-electron chi connectivity index (χ0n) is 11.1. The van der Waals surface area contributed by atoms with Crippen LogP contribution in [0.3, 0.4) is 0 Å². The van der Waals surface area contributed by atoms with E-state index < -0.39 is 11.9 Å². The van der Waals surface area contributed by atoms with Gasteiger partial charge in [-0.25, -0.2) is 4.79 Å². The third kappa shape index (κ3) is 3.64. The minimum atomic E-state index is -0.801. The zero-order chi connectivity index (χ0) is 14.7. The van der Waals surface area contributed by atoms with E-state index in [1.54, 1.807) is 11.8 Å². The summed E-state index contributed by atoms with van der Waals surface area (Å²) >= 11 is 7.34. The second-order valence-corrected chi connectivity index (χ2v) is 6.78. The van der Waals surface area contributed by atoms with Gasteiger partial charge in [0.1, 0.15) is 0 Å². The first-order valence-electron chi connectivity index (χ1n) is 6.47. The molecule has 2 rings (SSSR count). The van der Waals surface area contributed by atoms with Crippen LogP contribution in [0, 0.1) is 11.8 Å². The van der Waals surface area contributed by atoms with Crippen LogP contribution in [0.1, 0.15) is 11.8 Å². The van der Waals surface area contributed by atoms with Crippen LogP contribution in [0.5, 0.6) is 0 Å². The van der Waals surface area contributed by atoms with Gasteiger partial charge in [0.2, 0.25) is 0 Å². The molecular weight excluding hydrogens is 300 g/mol. The fourth-order valence-electron chi connectivity index (χ4n) is 2.09. The van der Waals surface area contributed by atoms with E-state index in [0.29, 0.717) is 19.6 Å². The largest absolute Gasteiger partial charge is 0.481 e. The van der Waals surface area contributed by atoms with E-state index in [9.17, 15) is 9.59 Å². The van der Waals surface area contributed by atoms with Crippen LogP contribution in [0.25, 0.3) is 0 Å². The second-order valence-electron chi connectivity index (χ2n) is 4.98. The molecule has 0 aliphatic carbocycles. The van der Waals surface area contributed by atoms with E-state index in [0.717, 1.165) is 15.6 Å². The highest BCUT2D eigenvalue weighted by molar-refractivity contribution is 7.16. The van der Waals surface area contributed by atoms with E-state index >= 15 is 0 Å². The Kier molecular flexibility index (Phi) is 4.88. The third-order valence-corrected chi connectivity index (χ3v) is 4.86. The lowest BCUT2D eigenvalue weighted by Crippen LogP contribution is -2.56. The third-order valence-electron chi connectivity index (χ3n) is 3.57. The van der Waals surface area contributed by atoms with E-state index in [-0.39, 0.29) is 11.9 Å². The Hall–Kier alpha value is -1.27. The maximum atomic E-state index is 11.8. The van der Waals surface area contributed by atoms with Crippen molar-refractivity contribution in [1.29, 1.82) is 0 Å². The SMILES string of the molecule is CC(C(=O)O)C1CN(C(=O)NCCc2ccc(Cl)s2)C1. The van der Waals surface area contributed by atoms with E-state index in [1.807, 2.05) is 12.1 Å². The molecule has 1 saturated heterocycles. The van der Waals surface area contributed by atoms with Crippen LogP contribution in [0.15, 0.2) is 12.1 Å². The first-order valence-corrected chi connectivity index (χ1v) is 7.66. The average molecular weight is 317 g/mol. The van der Waals surface area contributed by atoms with Gasteiger partial charge in [-0.05, 0) is 18.6 Å². The number of thiophene rings is 1. The molecule has 1 fully saturated rings. The summed E-state index contributed by atoms with van der Waals surface area (Å²) in [6.45, 7) is 3.28. The minimum Gasteiger partial charge on any atom is -0.481 e. The Morgan fingerprint density at radius 3 is 2.80 bits per heavy atom. The molecule has 1 atom stereocenters. The molecule has 2 heterocycles. The second kappa shape index (κ2) is 6.45. The van der Waals surface area contributed by atoms with Gasteiger partial charge in [-0.15, -0.1) is 11.3 Å². The van der Waals surface area contributed by atoms with Crippen molar-refractivity contribution in [2.75, 3.05) is 19.6 Å². The summed E-state index contributed by atoms with van der Waals surface area (Å²) in [6.07, 6.45) is 0.756. The number of rotatable bonds is 5. The Bertz CT molecular complexity index is 500. The molecule has 2 amide bonds. The molecule has 110 valence electrons. The fourth-order valence-corrected chi connectivity index (χ4v) is 3.17. The number of amides is 2. The highest BCUT2D eigenvalue weighted by Gasteiger charge is 2.36. The zero-order valence-corrected chi connectivity index (χ0v) is 12.7. The van der Waals surface area contributed by atoms with Crippen molar-refractivity contribution in [1.82, 2.24) is 10.2 Å². The van der Waals surface area contributed by atoms with Crippen LogP contribution in [0.2, 0.25) is 4.34 Å². The first kappa shape index (κ1) is 15.1. The van der Waals surface area contributed by atoms with Gasteiger partial charge in [-0.1, -0.05) is 18.5 Å². The molecular formula is C13H17ClN2O3S. The molecule has 7 heteroatoms. The maximum Gasteiger partial charge on any atom is 0.317 e. The summed E-state index contributed by atoms with van der Waals surface area (Å²) < 4.78 is 0.750. The summed E-state index contributed by atoms with van der Waals surface area (Å²) in [7, 11) is 0. The van der Waals surface area contributed by atoms with Gasteiger partial charge in [-0.3, -0.25) is 4.79 Å². The Morgan fingerprint density at radius 2 is 2.25 bits per heavy atom. The lowest BCUT2D eigenvalue weighted by molar-refractivity contribution is -0.144. The van der Waals surface area contributed by atoms with Crippen molar-refractivity contribution in [2.24, 2.45) is 11.8 Å². The summed E-state index contributed by atoms with van der Waals surface area (Å²) in [5.41, 5.74) is 0. The van der Waals surface area contributed by atoms with Gasteiger partial charge >= 0.3 is 12.0 Å². The number of aliphatic carboxylic acids is 1. The molecule has 1 unspecified atom stereocenters. The van der Waals surface area contributed by atoms with Crippen molar-refractivity contribution in [2.45, 2.75) is 13.3 Å². The summed E-state index contributed by atoms with van der Waals surface area (Å²) in [5, 5.41) is 11.7. The van der Waals surface area contributed by atoms with Gasteiger partial charge in [0, 0.05) is 30.4 Å². The monoisotopic (exact) mass is 316 g/mol. The number of carbonyl (C=O) groups is 2. The lowest BCUT2D eigenvalue weighted by atomic mass is 9.87. The Labute approximate surface area is 126 Å². The molecule has 1 aliphatic heterocycles. The maximum absolute atomic E-state index is 11.8. The van der Waals surface area contributed by atoms with E-state index in [4.69, 9.17) is 16.7 Å². The van der Waals surface area contributed by atoms with Gasteiger partial charge in [-0.2, -0.15) is 0 Å². The van der Waals surface area contributed by atoms with Crippen molar-refractivity contribution in [3.05, 3.63) is 21.3 Å².